The molecule has 0 aliphatic rings. The highest BCUT2D eigenvalue weighted by molar-refractivity contribution is 7.99. The molecule has 0 fully saturated rings. The van der Waals surface area contributed by atoms with Gasteiger partial charge in [0.15, 0.2) is 22.3 Å². The average molecular weight is 491 g/mol. The number of carbonyl (C=O) groups excluding carboxylic acids is 1. The number of methoxy groups -OCH3 is 4. The first-order valence-corrected chi connectivity index (χ1v) is 11.7. The molecule has 0 spiro atoms. The number of rotatable bonds is 13. The maximum atomic E-state index is 12.8. The van der Waals surface area contributed by atoms with Crippen LogP contribution in [0, 0.1) is 0 Å². The lowest BCUT2D eigenvalue weighted by molar-refractivity contribution is 0.0951. The third kappa shape index (κ3) is 5.81. The highest BCUT2D eigenvalue weighted by Crippen LogP contribution is 2.38. The highest BCUT2D eigenvalue weighted by atomic mass is 32.2. The molecule has 2 heterocycles. The fraction of sp³-hybridized carbons (Fsp3) is 0.455. The Kier molecular flexibility index (Phi) is 9.16. The van der Waals surface area contributed by atoms with E-state index in [-0.39, 0.29) is 5.91 Å². The molecule has 0 saturated heterocycles. The minimum atomic E-state index is -0.269. The van der Waals surface area contributed by atoms with E-state index in [4.69, 9.17) is 18.9 Å². The molecule has 12 heteroatoms. The van der Waals surface area contributed by atoms with Gasteiger partial charge in [0.1, 0.15) is 5.82 Å². The molecule has 1 aromatic carbocycles. The van der Waals surface area contributed by atoms with Crippen molar-refractivity contribution in [2.75, 3.05) is 59.2 Å². The number of anilines is 1. The summed E-state index contributed by atoms with van der Waals surface area (Å²) in [7, 11) is 6.18. The monoisotopic (exact) mass is 490 g/mol. The summed E-state index contributed by atoms with van der Waals surface area (Å²) >= 11 is 1.55. The smallest absolute Gasteiger partial charge is 0.251 e. The predicted molar refractivity (Wildman–Crippen MR) is 131 cm³/mol. The number of carbonyl (C=O) groups is 1. The van der Waals surface area contributed by atoms with E-state index in [2.05, 4.69) is 25.7 Å². The second kappa shape index (κ2) is 12.3. The van der Waals surface area contributed by atoms with Crippen molar-refractivity contribution in [1.82, 2.24) is 25.1 Å². The lowest BCUT2D eigenvalue weighted by atomic mass is 10.1. The number of aromatic nitrogens is 4. The summed E-state index contributed by atoms with van der Waals surface area (Å²) in [5.41, 5.74) is 1.10. The Morgan fingerprint density at radius 1 is 1.06 bits per heavy atom. The Hall–Kier alpha value is -3.25. The Balaban J connectivity index is 1.75. The minimum absolute atomic E-state index is 0.269. The van der Waals surface area contributed by atoms with Crippen LogP contribution in [-0.2, 0) is 11.3 Å². The topological polar surface area (TPSA) is 122 Å². The molecule has 2 N–H and O–H groups in total. The molecule has 0 aliphatic heterocycles. The van der Waals surface area contributed by atoms with Crippen molar-refractivity contribution in [3.05, 3.63) is 23.9 Å². The van der Waals surface area contributed by atoms with E-state index < -0.39 is 0 Å². The Morgan fingerprint density at radius 2 is 1.79 bits per heavy atom. The maximum Gasteiger partial charge on any atom is 0.251 e. The average Bonchev–Trinajstić information content (AvgIpc) is 3.26. The summed E-state index contributed by atoms with van der Waals surface area (Å²) in [6, 6.07) is 3.22. The quantitative estimate of drug-likeness (QED) is 0.210. The Bertz CT molecular complexity index is 1100. The third-order valence-electron chi connectivity index (χ3n) is 4.88. The maximum absolute atomic E-state index is 12.8. The van der Waals surface area contributed by atoms with Gasteiger partial charge in [-0.15, -0.1) is 0 Å². The molecule has 11 nitrogen and oxygen atoms in total. The van der Waals surface area contributed by atoms with Gasteiger partial charge in [0, 0.05) is 25.8 Å². The number of amides is 1. The molecule has 3 rings (SSSR count). The van der Waals surface area contributed by atoms with E-state index in [0.29, 0.717) is 65.7 Å². The fourth-order valence-corrected chi connectivity index (χ4v) is 3.85. The van der Waals surface area contributed by atoms with Crippen LogP contribution in [-0.4, -0.2) is 79.5 Å². The first kappa shape index (κ1) is 25.4. The van der Waals surface area contributed by atoms with Crippen molar-refractivity contribution in [3.8, 4) is 17.2 Å². The first-order chi connectivity index (χ1) is 16.6. The van der Waals surface area contributed by atoms with Gasteiger partial charge in [0.2, 0.25) is 5.75 Å². The fourth-order valence-electron chi connectivity index (χ4n) is 3.29. The van der Waals surface area contributed by atoms with Gasteiger partial charge < -0.3 is 29.6 Å². The second-order valence-electron chi connectivity index (χ2n) is 6.98. The largest absolute Gasteiger partial charge is 0.493 e. The zero-order valence-electron chi connectivity index (χ0n) is 20.0. The van der Waals surface area contributed by atoms with Crippen LogP contribution in [0.5, 0.6) is 17.2 Å². The van der Waals surface area contributed by atoms with Crippen molar-refractivity contribution < 1.29 is 23.7 Å². The Morgan fingerprint density at radius 3 is 2.41 bits per heavy atom. The molecular formula is C22H30N6O5S. The number of nitrogens with zero attached hydrogens (tertiary/aromatic N) is 4. The molecule has 0 aliphatic carbocycles. The number of benzene rings is 1. The van der Waals surface area contributed by atoms with Crippen LogP contribution in [0.25, 0.3) is 11.0 Å². The molecule has 0 radical (unpaired) electrons. The van der Waals surface area contributed by atoms with Gasteiger partial charge in [-0.2, -0.15) is 5.10 Å². The van der Waals surface area contributed by atoms with Gasteiger partial charge in [0.05, 0.1) is 46.1 Å². The normalized spacial score (nSPS) is 10.9. The molecular weight excluding hydrogens is 460 g/mol. The van der Waals surface area contributed by atoms with Gasteiger partial charge in [-0.3, -0.25) is 4.79 Å². The van der Waals surface area contributed by atoms with Crippen LogP contribution in [0.3, 0.4) is 0 Å². The van der Waals surface area contributed by atoms with Crippen molar-refractivity contribution in [3.63, 3.8) is 0 Å². The molecule has 184 valence electrons. The van der Waals surface area contributed by atoms with Crippen LogP contribution in [0.15, 0.2) is 23.5 Å². The number of ether oxygens (including phenoxy) is 4. The van der Waals surface area contributed by atoms with E-state index in [1.165, 1.54) is 21.3 Å². The van der Waals surface area contributed by atoms with E-state index in [9.17, 15) is 4.79 Å². The van der Waals surface area contributed by atoms with Crippen LogP contribution < -0.4 is 24.8 Å². The molecule has 0 saturated carbocycles. The summed E-state index contributed by atoms with van der Waals surface area (Å²) in [6.45, 7) is 4.01. The van der Waals surface area contributed by atoms with Crippen LogP contribution in [0.1, 0.15) is 17.3 Å². The number of fused-ring (bicyclic) bond motifs is 1. The zero-order valence-corrected chi connectivity index (χ0v) is 20.8. The van der Waals surface area contributed by atoms with Gasteiger partial charge in [-0.1, -0.05) is 18.7 Å². The van der Waals surface area contributed by atoms with Crippen molar-refractivity contribution in [2.24, 2.45) is 0 Å². The summed E-state index contributed by atoms with van der Waals surface area (Å²) in [5, 5.41) is 12.1. The lowest BCUT2D eigenvalue weighted by Crippen LogP contribution is -2.27. The number of hydrogen-bond acceptors (Lipinski definition) is 10. The minimum Gasteiger partial charge on any atom is -0.493 e. The molecule has 0 unspecified atom stereocenters. The summed E-state index contributed by atoms with van der Waals surface area (Å²) in [5.74, 6) is 2.55. The molecule has 2 aromatic heterocycles. The zero-order chi connectivity index (χ0) is 24.5. The summed E-state index contributed by atoms with van der Waals surface area (Å²) < 4.78 is 22.8. The van der Waals surface area contributed by atoms with Gasteiger partial charge in [-0.05, 0) is 17.9 Å². The standard InChI is InChI=1S/C22H30N6O5S/c1-6-34-22-26-19(23-8-10-30-2)15-13-25-28(20(15)27-22)9-7-24-21(29)14-11-16(31-3)18(33-5)17(12-14)32-4/h11-13H,6-10H2,1-5H3,(H,24,29)(H,23,26,27). The summed E-state index contributed by atoms with van der Waals surface area (Å²) in [6.07, 6.45) is 1.73. The Labute approximate surface area is 202 Å². The van der Waals surface area contributed by atoms with Crippen LogP contribution >= 0.6 is 11.8 Å². The highest BCUT2D eigenvalue weighted by Gasteiger charge is 2.17. The molecule has 3 aromatic rings. The van der Waals surface area contributed by atoms with Gasteiger partial charge in [0.25, 0.3) is 5.91 Å². The third-order valence-corrected chi connectivity index (χ3v) is 5.61. The van der Waals surface area contributed by atoms with E-state index in [1.807, 2.05) is 6.92 Å². The second-order valence-corrected chi connectivity index (χ2v) is 8.21. The summed E-state index contributed by atoms with van der Waals surface area (Å²) in [4.78, 5) is 22.0. The lowest BCUT2D eigenvalue weighted by Gasteiger charge is -2.14. The SMILES string of the molecule is CCSc1nc(NCCOC)c2cnn(CCNC(=O)c3cc(OC)c(OC)c(OC)c3)c2n1. The van der Waals surface area contributed by atoms with Crippen LogP contribution in [0.4, 0.5) is 5.82 Å². The van der Waals surface area contributed by atoms with Crippen LogP contribution in [0.2, 0.25) is 0 Å². The number of nitrogens with one attached hydrogen (secondary N) is 2. The molecule has 34 heavy (non-hydrogen) atoms. The van der Waals surface area contributed by atoms with Crippen molar-refractivity contribution >= 4 is 34.5 Å². The van der Waals surface area contributed by atoms with E-state index in [1.54, 1.807) is 41.9 Å². The first-order valence-electron chi connectivity index (χ1n) is 10.7. The van der Waals surface area contributed by atoms with Gasteiger partial charge >= 0.3 is 0 Å². The number of thioether (sulfide) groups is 1. The van der Waals surface area contributed by atoms with E-state index in [0.717, 1.165) is 11.1 Å². The van der Waals surface area contributed by atoms with E-state index >= 15 is 0 Å². The van der Waals surface area contributed by atoms with Crippen molar-refractivity contribution in [1.29, 1.82) is 0 Å². The molecule has 0 atom stereocenters. The number of hydrogen-bond donors (Lipinski definition) is 2. The van der Waals surface area contributed by atoms with Crippen molar-refractivity contribution in [2.45, 2.75) is 18.6 Å². The molecule has 1 amide bonds. The molecule has 0 bridgehead atoms. The van der Waals surface area contributed by atoms with Gasteiger partial charge in [-0.25, -0.2) is 14.6 Å². The predicted octanol–water partition coefficient (Wildman–Crippen LogP) is 2.45.